The first-order valence-electron chi connectivity index (χ1n) is 10.9. The fourth-order valence-electron chi connectivity index (χ4n) is 4.78. The second-order valence-electron chi connectivity index (χ2n) is 8.82. The second-order valence-corrected chi connectivity index (χ2v) is 10.8. The van der Waals surface area contributed by atoms with Crippen molar-refractivity contribution in [2.45, 2.75) is 24.3 Å². The van der Waals surface area contributed by atoms with Crippen molar-refractivity contribution in [1.29, 1.82) is 0 Å². The lowest BCUT2D eigenvalue weighted by molar-refractivity contribution is -0.123. The Hall–Kier alpha value is -2.94. The van der Waals surface area contributed by atoms with Gasteiger partial charge in [-0.3, -0.25) is 4.79 Å². The molecule has 2 N–H and O–H groups in total. The van der Waals surface area contributed by atoms with Crippen LogP contribution >= 0.6 is 11.6 Å². The van der Waals surface area contributed by atoms with Crippen molar-refractivity contribution in [3.8, 4) is 11.1 Å². The van der Waals surface area contributed by atoms with Crippen molar-refractivity contribution in [2.75, 3.05) is 22.9 Å². The molecule has 34 heavy (non-hydrogen) atoms. The van der Waals surface area contributed by atoms with E-state index in [1.54, 1.807) is 0 Å². The highest BCUT2D eigenvalue weighted by molar-refractivity contribution is 7.89. The summed E-state index contributed by atoms with van der Waals surface area (Å²) < 4.78 is 38.6. The van der Waals surface area contributed by atoms with Gasteiger partial charge < -0.3 is 9.80 Å². The van der Waals surface area contributed by atoms with E-state index in [2.05, 4.69) is 4.90 Å². The van der Waals surface area contributed by atoms with Gasteiger partial charge in [0.05, 0.1) is 11.6 Å². The highest BCUT2D eigenvalue weighted by atomic mass is 35.5. The van der Waals surface area contributed by atoms with Crippen molar-refractivity contribution in [3.05, 3.63) is 77.1 Å². The maximum Gasteiger partial charge on any atom is 0.241 e. The average Bonchev–Trinajstić information content (AvgIpc) is 3.09. The van der Waals surface area contributed by atoms with Gasteiger partial charge in [0, 0.05) is 35.4 Å². The molecule has 0 spiro atoms. The van der Waals surface area contributed by atoms with E-state index < -0.39 is 20.7 Å². The summed E-state index contributed by atoms with van der Waals surface area (Å²) in [5.41, 5.74) is 3.59. The van der Waals surface area contributed by atoms with Gasteiger partial charge in [0.1, 0.15) is 4.90 Å². The van der Waals surface area contributed by atoms with Gasteiger partial charge in [-0.05, 0) is 48.7 Å². The Morgan fingerprint density at radius 2 is 1.74 bits per heavy atom. The smallest absolute Gasteiger partial charge is 0.241 e. The SMILES string of the molecule is C[C@H]1Cc2ccc(S(N)(=O)=O)c(F)c2N1C(=O)C1CN(c2ccc(-c3ccccc3Cl)cc2)C1. The molecule has 0 aromatic heterocycles. The maximum atomic E-state index is 15.1. The zero-order valence-electron chi connectivity index (χ0n) is 18.4. The first kappa shape index (κ1) is 22.8. The van der Waals surface area contributed by atoms with Gasteiger partial charge in [0.15, 0.2) is 5.82 Å². The van der Waals surface area contributed by atoms with Crippen molar-refractivity contribution in [1.82, 2.24) is 0 Å². The molecule has 0 radical (unpaired) electrons. The first-order valence-corrected chi connectivity index (χ1v) is 12.8. The van der Waals surface area contributed by atoms with E-state index >= 15 is 4.39 Å². The lowest BCUT2D eigenvalue weighted by Crippen LogP contribution is -2.56. The number of anilines is 2. The molecular weight excluding hydrogens is 477 g/mol. The zero-order chi connectivity index (χ0) is 24.2. The van der Waals surface area contributed by atoms with Gasteiger partial charge in [0.2, 0.25) is 15.9 Å². The van der Waals surface area contributed by atoms with Crippen LogP contribution < -0.4 is 14.9 Å². The summed E-state index contributed by atoms with van der Waals surface area (Å²) in [6.07, 6.45) is 0.461. The minimum absolute atomic E-state index is 0.0339. The number of rotatable bonds is 4. The highest BCUT2D eigenvalue weighted by Gasteiger charge is 2.42. The number of halogens is 2. The molecule has 176 valence electrons. The van der Waals surface area contributed by atoms with Gasteiger partial charge in [0.25, 0.3) is 0 Å². The van der Waals surface area contributed by atoms with Gasteiger partial charge in [-0.25, -0.2) is 17.9 Å². The Morgan fingerprint density at radius 3 is 2.38 bits per heavy atom. The predicted octanol–water partition coefficient (Wildman–Crippen LogP) is 4.21. The quantitative estimate of drug-likeness (QED) is 0.583. The van der Waals surface area contributed by atoms with Gasteiger partial charge in [-0.1, -0.05) is 48.0 Å². The molecule has 2 aliphatic rings. The Morgan fingerprint density at radius 1 is 1.06 bits per heavy atom. The molecule has 1 saturated heterocycles. The molecular formula is C25H23ClFN3O3S. The van der Waals surface area contributed by atoms with Crippen LogP contribution in [0, 0.1) is 11.7 Å². The molecule has 3 aromatic rings. The largest absolute Gasteiger partial charge is 0.370 e. The normalized spacial score (nSPS) is 18.1. The summed E-state index contributed by atoms with van der Waals surface area (Å²) in [5.74, 6) is -1.47. The zero-order valence-corrected chi connectivity index (χ0v) is 20.0. The molecule has 2 heterocycles. The summed E-state index contributed by atoms with van der Waals surface area (Å²) in [5, 5.41) is 5.84. The van der Waals surface area contributed by atoms with E-state index in [-0.39, 0.29) is 23.6 Å². The van der Waals surface area contributed by atoms with Crippen molar-refractivity contribution in [3.63, 3.8) is 0 Å². The average molecular weight is 500 g/mol. The van der Waals surface area contributed by atoms with Crippen molar-refractivity contribution >= 4 is 38.9 Å². The Bertz CT molecular complexity index is 1390. The molecule has 1 atom stereocenters. The van der Waals surface area contributed by atoms with E-state index in [1.165, 1.54) is 17.0 Å². The lowest BCUT2D eigenvalue weighted by atomic mass is 9.96. The molecule has 0 aliphatic carbocycles. The minimum atomic E-state index is -4.23. The molecule has 1 amide bonds. The third kappa shape index (κ3) is 3.85. The number of sulfonamides is 1. The Balaban J connectivity index is 1.32. The number of carbonyl (C=O) groups excluding carboxylic acids is 1. The number of primary sulfonamides is 1. The lowest BCUT2D eigenvalue weighted by Gasteiger charge is -2.42. The van der Waals surface area contributed by atoms with Gasteiger partial charge in [-0.2, -0.15) is 0 Å². The molecule has 5 rings (SSSR count). The Labute approximate surface area is 202 Å². The van der Waals surface area contributed by atoms with E-state index in [0.717, 1.165) is 16.8 Å². The standard InChI is InChI=1S/C25H23ClFN3O3S/c1-15-12-17-8-11-22(34(28,32)33)23(27)24(17)30(15)25(31)18-13-29(14-18)19-9-6-16(7-10-19)20-4-2-3-5-21(20)26/h2-11,15,18H,12-14H2,1H3,(H2,28,32,33)/t15-/m0/s1. The molecule has 0 unspecified atom stereocenters. The van der Waals surface area contributed by atoms with Crippen molar-refractivity contribution < 1.29 is 17.6 Å². The number of fused-ring (bicyclic) bond motifs is 1. The highest BCUT2D eigenvalue weighted by Crippen LogP contribution is 2.39. The van der Waals surface area contributed by atoms with E-state index in [4.69, 9.17) is 16.7 Å². The maximum absolute atomic E-state index is 15.1. The third-order valence-electron chi connectivity index (χ3n) is 6.55. The third-order valence-corrected chi connectivity index (χ3v) is 7.81. The number of carbonyl (C=O) groups is 1. The number of nitrogens with two attached hydrogens (primary N) is 1. The van der Waals surface area contributed by atoms with Crippen LogP contribution in [0.5, 0.6) is 0 Å². The van der Waals surface area contributed by atoms with Crippen LogP contribution in [0.2, 0.25) is 5.02 Å². The number of hydrogen-bond acceptors (Lipinski definition) is 4. The number of hydrogen-bond donors (Lipinski definition) is 1. The number of benzene rings is 3. The fraction of sp³-hybridized carbons (Fsp3) is 0.240. The van der Waals surface area contributed by atoms with Crippen LogP contribution in [0.3, 0.4) is 0 Å². The van der Waals surface area contributed by atoms with E-state index in [0.29, 0.717) is 30.1 Å². The summed E-state index contributed by atoms with van der Waals surface area (Å²) in [7, 11) is -4.23. The molecule has 9 heteroatoms. The summed E-state index contributed by atoms with van der Waals surface area (Å²) >= 11 is 6.29. The molecule has 0 bridgehead atoms. The number of amides is 1. The topological polar surface area (TPSA) is 83.7 Å². The second kappa shape index (κ2) is 8.37. The fourth-order valence-corrected chi connectivity index (χ4v) is 5.63. The molecule has 0 saturated carbocycles. The first-order chi connectivity index (χ1) is 16.1. The van der Waals surface area contributed by atoms with Crippen LogP contribution in [-0.2, 0) is 21.2 Å². The Kier molecular flexibility index (Phi) is 5.62. The van der Waals surface area contributed by atoms with E-state index in [1.807, 2.05) is 55.5 Å². The summed E-state index contributed by atoms with van der Waals surface area (Å²) in [4.78, 5) is 16.2. The minimum Gasteiger partial charge on any atom is -0.370 e. The molecule has 3 aromatic carbocycles. The predicted molar refractivity (Wildman–Crippen MR) is 131 cm³/mol. The summed E-state index contributed by atoms with van der Waals surface area (Å²) in [6.45, 7) is 2.83. The molecule has 1 fully saturated rings. The van der Waals surface area contributed by atoms with Crippen LogP contribution in [0.15, 0.2) is 65.6 Å². The van der Waals surface area contributed by atoms with Crippen LogP contribution in [0.4, 0.5) is 15.8 Å². The number of nitrogens with zero attached hydrogens (tertiary/aromatic N) is 2. The van der Waals surface area contributed by atoms with Crippen LogP contribution in [-0.4, -0.2) is 33.5 Å². The van der Waals surface area contributed by atoms with Crippen LogP contribution in [0.25, 0.3) is 11.1 Å². The molecule has 2 aliphatic heterocycles. The van der Waals surface area contributed by atoms with E-state index in [9.17, 15) is 13.2 Å². The van der Waals surface area contributed by atoms with Crippen LogP contribution in [0.1, 0.15) is 12.5 Å². The molecule has 6 nitrogen and oxygen atoms in total. The van der Waals surface area contributed by atoms with Gasteiger partial charge in [-0.15, -0.1) is 0 Å². The van der Waals surface area contributed by atoms with Crippen molar-refractivity contribution in [2.24, 2.45) is 11.1 Å². The van der Waals surface area contributed by atoms with Gasteiger partial charge >= 0.3 is 0 Å². The monoisotopic (exact) mass is 499 g/mol. The summed E-state index contributed by atoms with van der Waals surface area (Å²) in [6, 6.07) is 18.0.